The Kier molecular flexibility index (Phi) is 6.54. The van der Waals surface area contributed by atoms with Crippen molar-refractivity contribution in [3.05, 3.63) is 30.1 Å². The lowest BCUT2D eigenvalue weighted by Crippen LogP contribution is -2.55. The van der Waals surface area contributed by atoms with E-state index in [4.69, 9.17) is 9.47 Å². The molecule has 2 aliphatic rings. The zero-order valence-corrected chi connectivity index (χ0v) is 16.3. The van der Waals surface area contributed by atoms with Crippen LogP contribution in [0.3, 0.4) is 0 Å². The molecule has 0 radical (unpaired) electrons. The van der Waals surface area contributed by atoms with Gasteiger partial charge in [0.05, 0.1) is 18.8 Å². The summed E-state index contributed by atoms with van der Waals surface area (Å²) >= 11 is 0. The van der Waals surface area contributed by atoms with Crippen LogP contribution in [0, 0.1) is 5.82 Å². The van der Waals surface area contributed by atoms with Crippen LogP contribution in [0.15, 0.2) is 24.3 Å². The molecule has 2 aliphatic heterocycles. The molecular weight excluding hydrogens is 367 g/mol. The van der Waals surface area contributed by atoms with E-state index in [-0.39, 0.29) is 24.9 Å². The number of benzene rings is 1. The lowest BCUT2D eigenvalue weighted by molar-refractivity contribution is -0.134. The quantitative estimate of drug-likeness (QED) is 0.760. The van der Waals surface area contributed by atoms with Gasteiger partial charge >= 0.3 is 0 Å². The molecule has 0 spiro atoms. The van der Waals surface area contributed by atoms with E-state index in [1.165, 1.54) is 31.2 Å². The number of carbonyl (C=O) groups excluding carboxylic acids is 1. The van der Waals surface area contributed by atoms with E-state index in [9.17, 15) is 19.4 Å². The van der Waals surface area contributed by atoms with Crippen LogP contribution in [-0.4, -0.2) is 89.7 Å². The fourth-order valence-electron chi connectivity index (χ4n) is 3.78. The van der Waals surface area contributed by atoms with Crippen LogP contribution in [0.5, 0.6) is 5.75 Å². The molecule has 0 saturated carbocycles. The topological polar surface area (TPSA) is 82.5 Å². The third-order valence-electron chi connectivity index (χ3n) is 5.42. The van der Waals surface area contributed by atoms with E-state index in [2.05, 4.69) is 0 Å². The number of rotatable bonds is 5. The van der Waals surface area contributed by atoms with Crippen LogP contribution in [0.2, 0.25) is 0 Å². The number of aliphatic hydroxyl groups is 2. The summed E-state index contributed by atoms with van der Waals surface area (Å²) in [4.78, 5) is 15.2. The van der Waals surface area contributed by atoms with Gasteiger partial charge in [0.2, 0.25) is 5.91 Å². The minimum Gasteiger partial charge on any atom is -0.490 e. The van der Waals surface area contributed by atoms with Crippen molar-refractivity contribution in [3.63, 3.8) is 0 Å². The number of hydrogen-bond acceptors (Lipinski definition) is 6. The minimum absolute atomic E-state index is 0.00563. The van der Waals surface area contributed by atoms with E-state index in [1.54, 1.807) is 4.90 Å². The second-order valence-electron chi connectivity index (χ2n) is 7.96. The molecule has 3 rings (SSSR count). The highest BCUT2D eigenvalue weighted by Crippen LogP contribution is 2.25. The normalized spacial score (nSPS) is 25.9. The Hall–Kier alpha value is -1.74. The van der Waals surface area contributed by atoms with Crippen LogP contribution < -0.4 is 4.74 Å². The maximum absolute atomic E-state index is 13.0. The maximum atomic E-state index is 13.0. The summed E-state index contributed by atoms with van der Waals surface area (Å²) in [7, 11) is 0. The summed E-state index contributed by atoms with van der Waals surface area (Å²) < 4.78 is 24.2. The number of β-amino-alcohol motifs (C(OH)–C–C–N with tert-alkyl or cyclic N) is 2. The van der Waals surface area contributed by atoms with Gasteiger partial charge in [-0.2, -0.15) is 0 Å². The summed E-state index contributed by atoms with van der Waals surface area (Å²) in [5.41, 5.74) is -2.13. The standard InChI is InChI=1S/C20H29FN2O5/c1-16(24)23-8-6-19(25,7-9-23)12-22-10-11-27-14-20(26,13-22)15-28-18-4-2-17(21)3-5-18/h2-5,25-26H,6-15H2,1H3/t20-/m0/s1. The van der Waals surface area contributed by atoms with Gasteiger partial charge in [0.15, 0.2) is 0 Å². The molecule has 1 aromatic carbocycles. The van der Waals surface area contributed by atoms with E-state index in [0.29, 0.717) is 57.9 Å². The van der Waals surface area contributed by atoms with Gasteiger partial charge in [-0.15, -0.1) is 0 Å². The first-order chi connectivity index (χ1) is 13.3. The van der Waals surface area contributed by atoms with Crippen molar-refractivity contribution in [1.29, 1.82) is 0 Å². The molecule has 8 heteroatoms. The molecule has 2 saturated heterocycles. The van der Waals surface area contributed by atoms with Crippen molar-refractivity contribution < 1.29 is 28.9 Å². The Morgan fingerprint density at radius 1 is 1.18 bits per heavy atom. The molecule has 2 fully saturated rings. The number of carbonyl (C=O) groups is 1. The van der Waals surface area contributed by atoms with E-state index in [0.717, 1.165) is 0 Å². The maximum Gasteiger partial charge on any atom is 0.219 e. The number of piperidine rings is 1. The summed E-state index contributed by atoms with van der Waals surface area (Å²) in [5, 5.41) is 21.9. The van der Waals surface area contributed by atoms with Crippen LogP contribution in [0.4, 0.5) is 4.39 Å². The Morgan fingerprint density at radius 3 is 2.50 bits per heavy atom. The molecule has 7 nitrogen and oxygen atoms in total. The average molecular weight is 396 g/mol. The zero-order valence-electron chi connectivity index (χ0n) is 16.3. The second-order valence-corrected chi connectivity index (χ2v) is 7.96. The first-order valence-electron chi connectivity index (χ1n) is 9.66. The van der Waals surface area contributed by atoms with Gasteiger partial charge in [-0.05, 0) is 37.1 Å². The highest BCUT2D eigenvalue weighted by Gasteiger charge is 2.39. The van der Waals surface area contributed by atoms with Gasteiger partial charge < -0.3 is 24.6 Å². The number of halogens is 1. The number of hydrogen-bond donors (Lipinski definition) is 2. The van der Waals surface area contributed by atoms with Crippen molar-refractivity contribution in [1.82, 2.24) is 9.80 Å². The van der Waals surface area contributed by atoms with Crippen LogP contribution in [0.25, 0.3) is 0 Å². The highest BCUT2D eigenvalue weighted by atomic mass is 19.1. The Bertz CT molecular complexity index is 663. The first kappa shape index (κ1) is 21.0. The van der Waals surface area contributed by atoms with Gasteiger partial charge in [-0.1, -0.05) is 0 Å². The SMILES string of the molecule is CC(=O)N1CCC(O)(CN2CCOC[C@](O)(COc3ccc(F)cc3)C2)CC1. The van der Waals surface area contributed by atoms with Gasteiger partial charge in [0.25, 0.3) is 0 Å². The van der Waals surface area contributed by atoms with E-state index < -0.39 is 11.2 Å². The summed E-state index contributed by atoms with van der Waals surface area (Å²) in [5.74, 6) is 0.150. The predicted octanol–water partition coefficient (Wildman–Crippen LogP) is 0.641. The smallest absolute Gasteiger partial charge is 0.219 e. The van der Waals surface area contributed by atoms with Gasteiger partial charge in [-0.3, -0.25) is 9.69 Å². The van der Waals surface area contributed by atoms with Crippen molar-refractivity contribution in [2.45, 2.75) is 31.0 Å². The molecule has 0 aliphatic carbocycles. The summed E-state index contributed by atoms with van der Waals surface area (Å²) in [6.45, 7) is 4.49. The molecule has 1 atom stereocenters. The van der Waals surface area contributed by atoms with Crippen molar-refractivity contribution in [2.75, 3.05) is 52.5 Å². The molecule has 2 N–H and O–H groups in total. The van der Waals surface area contributed by atoms with E-state index >= 15 is 0 Å². The molecule has 156 valence electrons. The summed E-state index contributed by atoms with van der Waals surface area (Å²) in [6.07, 6.45) is 1.02. The van der Waals surface area contributed by atoms with Crippen molar-refractivity contribution in [3.8, 4) is 5.75 Å². The highest BCUT2D eigenvalue weighted by molar-refractivity contribution is 5.73. The van der Waals surface area contributed by atoms with Crippen LogP contribution in [-0.2, 0) is 9.53 Å². The lowest BCUT2D eigenvalue weighted by Gasteiger charge is -2.41. The molecule has 0 bridgehead atoms. The Balaban J connectivity index is 1.56. The Labute approximate surface area is 164 Å². The number of likely N-dealkylation sites (tertiary alicyclic amines) is 1. The third kappa shape index (κ3) is 5.64. The number of ether oxygens (including phenoxy) is 2. The van der Waals surface area contributed by atoms with Crippen molar-refractivity contribution >= 4 is 5.91 Å². The fraction of sp³-hybridized carbons (Fsp3) is 0.650. The molecule has 2 heterocycles. The fourth-order valence-corrected chi connectivity index (χ4v) is 3.78. The number of amides is 1. The largest absolute Gasteiger partial charge is 0.490 e. The molecule has 1 aromatic rings. The third-order valence-corrected chi connectivity index (χ3v) is 5.42. The van der Waals surface area contributed by atoms with Gasteiger partial charge in [0.1, 0.15) is 23.8 Å². The van der Waals surface area contributed by atoms with E-state index in [1.807, 2.05) is 4.90 Å². The second kappa shape index (κ2) is 8.73. The molecular formula is C20H29FN2O5. The molecule has 0 aromatic heterocycles. The average Bonchev–Trinajstić information content (AvgIpc) is 2.83. The molecule has 1 amide bonds. The van der Waals surface area contributed by atoms with Gasteiger partial charge in [0, 0.05) is 39.6 Å². The Morgan fingerprint density at radius 2 is 1.86 bits per heavy atom. The minimum atomic E-state index is -1.23. The molecule has 0 unspecified atom stereocenters. The van der Waals surface area contributed by atoms with Crippen LogP contribution >= 0.6 is 0 Å². The van der Waals surface area contributed by atoms with Gasteiger partial charge in [-0.25, -0.2) is 4.39 Å². The van der Waals surface area contributed by atoms with Crippen molar-refractivity contribution in [2.24, 2.45) is 0 Å². The first-order valence-corrected chi connectivity index (χ1v) is 9.66. The monoisotopic (exact) mass is 396 g/mol. The number of nitrogens with zero attached hydrogens (tertiary/aromatic N) is 2. The summed E-state index contributed by atoms with van der Waals surface area (Å²) in [6, 6.07) is 5.63. The zero-order chi connectivity index (χ0) is 20.2. The lowest BCUT2D eigenvalue weighted by atomic mass is 9.90. The van der Waals surface area contributed by atoms with Crippen LogP contribution in [0.1, 0.15) is 19.8 Å². The predicted molar refractivity (Wildman–Crippen MR) is 101 cm³/mol. The molecule has 28 heavy (non-hydrogen) atoms.